The highest BCUT2D eigenvalue weighted by Gasteiger charge is 2.56. The number of carbonyl (C=O) groups is 2. The maximum absolute atomic E-state index is 13.8. The summed E-state index contributed by atoms with van der Waals surface area (Å²) in [7, 11) is 0. The molecule has 2 aliphatic carbocycles. The number of hydrazone groups is 1. The number of rotatable bonds is 4. The Morgan fingerprint density at radius 1 is 1.22 bits per heavy atom. The lowest BCUT2D eigenvalue weighted by atomic mass is 9.68. The minimum absolute atomic E-state index is 0.0895. The lowest BCUT2D eigenvalue weighted by Crippen LogP contribution is -2.49. The Morgan fingerprint density at radius 3 is 2.53 bits per heavy atom. The second kappa shape index (κ2) is 8.08. The number of anilines is 2. The van der Waals surface area contributed by atoms with Crippen LogP contribution in [0.15, 0.2) is 23.3 Å². The van der Waals surface area contributed by atoms with Crippen molar-refractivity contribution >= 4 is 28.8 Å². The molecule has 0 radical (unpaired) electrons. The van der Waals surface area contributed by atoms with Gasteiger partial charge < -0.3 is 11.1 Å². The number of ketones is 1. The first-order valence-corrected chi connectivity index (χ1v) is 11.1. The van der Waals surface area contributed by atoms with Gasteiger partial charge in [-0.05, 0) is 42.9 Å². The van der Waals surface area contributed by atoms with E-state index in [0.717, 1.165) is 32.1 Å². The Morgan fingerprint density at radius 2 is 1.91 bits per heavy atom. The van der Waals surface area contributed by atoms with Crippen LogP contribution in [-0.4, -0.2) is 35.7 Å². The van der Waals surface area contributed by atoms with Crippen LogP contribution in [0.25, 0.3) is 0 Å². The van der Waals surface area contributed by atoms with Gasteiger partial charge in [-0.3, -0.25) is 14.6 Å². The SMILES string of the molecule is CC1(C)CC(=O)C2C(C(F)(F)F)=NN(c3ccc(C(N)=O)c(NC4CCCCC4)c3)C2C1. The molecule has 32 heavy (non-hydrogen) atoms. The summed E-state index contributed by atoms with van der Waals surface area (Å²) >= 11 is 0. The first kappa shape index (κ1) is 22.6. The summed E-state index contributed by atoms with van der Waals surface area (Å²) in [5.41, 5.74) is 5.28. The van der Waals surface area contributed by atoms with Gasteiger partial charge in [0.05, 0.1) is 23.2 Å². The lowest BCUT2D eigenvalue weighted by molar-refractivity contribution is -0.127. The fourth-order valence-corrected chi connectivity index (χ4v) is 5.33. The van der Waals surface area contributed by atoms with Crippen molar-refractivity contribution in [1.82, 2.24) is 0 Å². The van der Waals surface area contributed by atoms with Crippen molar-refractivity contribution in [3.05, 3.63) is 23.8 Å². The van der Waals surface area contributed by atoms with Gasteiger partial charge in [0.2, 0.25) is 0 Å². The van der Waals surface area contributed by atoms with Crippen LogP contribution in [0.4, 0.5) is 24.5 Å². The first-order valence-electron chi connectivity index (χ1n) is 11.1. The molecule has 6 nitrogen and oxygen atoms in total. The van der Waals surface area contributed by atoms with Crippen LogP contribution < -0.4 is 16.1 Å². The first-order chi connectivity index (χ1) is 15.0. The third-order valence-electron chi connectivity index (χ3n) is 6.76. The molecule has 3 aliphatic rings. The van der Waals surface area contributed by atoms with Crippen molar-refractivity contribution in [3.8, 4) is 0 Å². The van der Waals surface area contributed by atoms with Crippen molar-refractivity contribution < 1.29 is 22.8 Å². The number of Topliss-reactive ketones (excluding diaryl/α,β-unsaturated/α-hetero) is 1. The molecule has 1 heterocycles. The maximum Gasteiger partial charge on any atom is 0.432 e. The van der Waals surface area contributed by atoms with Crippen molar-refractivity contribution in [2.75, 3.05) is 10.3 Å². The zero-order valence-corrected chi connectivity index (χ0v) is 18.3. The third-order valence-corrected chi connectivity index (χ3v) is 6.76. The molecule has 4 rings (SSSR count). The van der Waals surface area contributed by atoms with Gasteiger partial charge in [-0.2, -0.15) is 18.3 Å². The molecule has 3 N–H and O–H groups in total. The normalized spacial score (nSPS) is 26.0. The number of primary amides is 1. The molecular formula is C23H29F3N4O2. The van der Waals surface area contributed by atoms with Gasteiger partial charge in [0.25, 0.3) is 5.91 Å². The lowest BCUT2D eigenvalue weighted by Gasteiger charge is -2.39. The Kier molecular flexibility index (Phi) is 5.71. The second-order valence-corrected chi connectivity index (χ2v) is 9.96. The molecule has 2 atom stereocenters. The van der Waals surface area contributed by atoms with E-state index in [-0.39, 0.29) is 18.0 Å². The Hall–Kier alpha value is -2.58. The van der Waals surface area contributed by atoms with E-state index in [1.165, 1.54) is 11.1 Å². The maximum atomic E-state index is 13.8. The average Bonchev–Trinajstić information content (AvgIpc) is 3.07. The van der Waals surface area contributed by atoms with Gasteiger partial charge in [-0.15, -0.1) is 0 Å². The molecule has 0 bridgehead atoms. The van der Waals surface area contributed by atoms with Crippen LogP contribution in [-0.2, 0) is 4.79 Å². The van der Waals surface area contributed by atoms with E-state index in [9.17, 15) is 22.8 Å². The molecule has 0 aromatic heterocycles. The fourth-order valence-electron chi connectivity index (χ4n) is 5.33. The van der Waals surface area contributed by atoms with E-state index in [1.54, 1.807) is 12.1 Å². The summed E-state index contributed by atoms with van der Waals surface area (Å²) < 4.78 is 41.3. The number of halogens is 3. The number of nitrogens with zero attached hydrogens (tertiary/aromatic N) is 2. The number of nitrogens with two attached hydrogens (primary N) is 1. The van der Waals surface area contributed by atoms with Crippen LogP contribution >= 0.6 is 0 Å². The smallest absolute Gasteiger partial charge is 0.382 e. The third kappa shape index (κ3) is 4.34. The topological polar surface area (TPSA) is 87.8 Å². The zero-order chi connectivity index (χ0) is 23.3. The molecule has 0 spiro atoms. The van der Waals surface area contributed by atoms with E-state index in [2.05, 4.69) is 10.4 Å². The number of alkyl halides is 3. The molecule has 1 aromatic carbocycles. The highest BCUT2D eigenvalue weighted by Crippen LogP contribution is 2.46. The standard InChI is InChI=1S/C23H29F3N4O2/c1-22(2)11-17-19(18(31)12-22)20(23(24,25)26)29-30(17)14-8-9-15(21(27)32)16(10-14)28-13-6-4-3-5-7-13/h8-10,13,17,19,28H,3-7,11-12H2,1-2H3,(H2,27,32). The van der Waals surface area contributed by atoms with Gasteiger partial charge in [-0.1, -0.05) is 33.1 Å². The summed E-state index contributed by atoms with van der Waals surface area (Å²) in [5, 5.41) is 8.60. The van der Waals surface area contributed by atoms with E-state index in [4.69, 9.17) is 5.73 Å². The molecule has 174 valence electrons. The number of hydrogen-bond acceptors (Lipinski definition) is 5. The molecule has 1 aliphatic heterocycles. The van der Waals surface area contributed by atoms with Gasteiger partial charge in [0.15, 0.2) is 5.71 Å². The fraction of sp³-hybridized carbons (Fsp3) is 0.609. The zero-order valence-electron chi connectivity index (χ0n) is 18.3. The average molecular weight is 451 g/mol. The Labute approximate surface area is 185 Å². The predicted molar refractivity (Wildman–Crippen MR) is 117 cm³/mol. The van der Waals surface area contributed by atoms with Crippen molar-refractivity contribution in [2.24, 2.45) is 22.2 Å². The number of amides is 1. The van der Waals surface area contributed by atoms with Gasteiger partial charge in [0, 0.05) is 18.2 Å². The summed E-state index contributed by atoms with van der Waals surface area (Å²) in [6.45, 7) is 3.77. The van der Waals surface area contributed by atoms with E-state index >= 15 is 0 Å². The quantitative estimate of drug-likeness (QED) is 0.700. The monoisotopic (exact) mass is 450 g/mol. The minimum Gasteiger partial charge on any atom is -0.382 e. The minimum atomic E-state index is -4.69. The highest BCUT2D eigenvalue weighted by molar-refractivity contribution is 6.11. The van der Waals surface area contributed by atoms with Gasteiger partial charge >= 0.3 is 6.18 Å². The van der Waals surface area contributed by atoms with Crippen molar-refractivity contribution in [3.63, 3.8) is 0 Å². The summed E-state index contributed by atoms with van der Waals surface area (Å²) in [5.74, 6) is -2.34. The molecule has 1 amide bonds. The van der Waals surface area contributed by atoms with E-state index in [0.29, 0.717) is 17.8 Å². The molecule has 1 aromatic rings. The van der Waals surface area contributed by atoms with Crippen molar-refractivity contribution in [1.29, 1.82) is 0 Å². The molecule has 9 heteroatoms. The van der Waals surface area contributed by atoms with Gasteiger partial charge in [-0.25, -0.2) is 0 Å². The molecule has 2 fully saturated rings. The number of benzene rings is 1. The number of carbonyl (C=O) groups excluding carboxylic acids is 2. The number of hydrogen-bond donors (Lipinski definition) is 2. The summed E-state index contributed by atoms with van der Waals surface area (Å²) in [4.78, 5) is 24.7. The van der Waals surface area contributed by atoms with E-state index in [1.807, 2.05) is 13.8 Å². The summed E-state index contributed by atoms with van der Waals surface area (Å²) in [6, 6.07) is 4.17. The second-order valence-electron chi connectivity index (χ2n) is 9.96. The number of nitrogens with one attached hydrogen (secondary N) is 1. The van der Waals surface area contributed by atoms with Crippen LogP contribution in [0.3, 0.4) is 0 Å². The molecule has 2 saturated carbocycles. The van der Waals surface area contributed by atoms with Crippen LogP contribution in [0.5, 0.6) is 0 Å². The number of fused-ring (bicyclic) bond motifs is 1. The Balaban J connectivity index is 1.73. The highest BCUT2D eigenvalue weighted by atomic mass is 19.4. The summed E-state index contributed by atoms with van der Waals surface area (Å²) in [6.07, 6.45) is 1.03. The van der Waals surface area contributed by atoms with Crippen LogP contribution in [0.1, 0.15) is 69.2 Å². The molecular weight excluding hydrogens is 421 g/mol. The predicted octanol–water partition coefficient (Wildman–Crippen LogP) is 4.64. The Bertz CT molecular complexity index is 951. The van der Waals surface area contributed by atoms with E-state index < -0.39 is 41.0 Å². The van der Waals surface area contributed by atoms with Crippen LogP contribution in [0, 0.1) is 11.3 Å². The largest absolute Gasteiger partial charge is 0.432 e. The molecule has 2 unspecified atom stereocenters. The molecule has 0 saturated heterocycles. The van der Waals surface area contributed by atoms with Gasteiger partial charge in [0.1, 0.15) is 5.78 Å². The van der Waals surface area contributed by atoms with Crippen molar-refractivity contribution in [2.45, 2.75) is 77.1 Å². The van der Waals surface area contributed by atoms with Crippen LogP contribution in [0.2, 0.25) is 0 Å².